The second-order valence-electron chi connectivity index (χ2n) is 4.10. The molecule has 0 radical (unpaired) electrons. The molecule has 7 nitrogen and oxygen atoms in total. The number of aromatic nitrogens is 3. The molecule has 0 saturated carbocycles. The lowest BCUT2D eigenvalue weighted by Crippen LogP contribution is -2.01. The lowest BCUT2D eigenvalue weighted by Gasteiger charge is -2.06. The second kappa shape index (κ2) is 4.54. The Morgan fingerprint density at radius 1 is 1.15 bits per heavy atom. The van der Waals surface area contributed by atoms with Crippen LogP contribution in [0.1, 0.15) is 0 Å². The van der Waals surface area contributed by atoms with Gasteiger partial charge in [0.15, 0.2) is 5.69 Å². The molecule has 1 aromatic carbocycles. The summed E-state index contributed by atoms with van der Waals surface area (Å²) in [5.41, 5.74) is 6.71. The summed E-state index contributed by atoms with van der Waals surface area (Å²) in [5.74, 6) is -0.0152. The smallest absolute Gasteiger partial charge is 0.313 e. The van der Waals surface area contributed by atoms with Crippen molar-refractivity contribution in [1.29, 1.82) is 0 Å². The van der Waals surface area contributed by atoms with Gasteiger partial charge in [-0.2, -0.15) is 0 Å². The van der Waals surface area contributed by atoms with Crippen LogP contribution in [0.3, 0.4) is 0 Å². The number of anilines is 1. The molecule has 3 aromatic rings. The molecule has 7 heteroatoms. The third-order valence-electron chi connectivity index (χ3n) is 2.87. The van der Waals surface area contributed by atoms with E-state index >= 15 is 0 Å². The third kappa shape index (κ3) is 1.91. The maximum Gasteiger partial charge on any atom is 0.313 e. The van der Waals surface area contributed by atoms with Crippen molar-refractivity contribution in [1.82, 2.24) is 15.0 Å². The first-order chi connectivity index (χ1) is 9.66. The van der Waals surface area contributed by atoms with E-state index in [0.29, 0.717) is 11.1 Å². The van der Waals surface area contributed by atoms with Gasteiger partial charge in [-0.05, 0) is 6.07 Å². The molecule has 0 bridgehead atoms. The molecule has 0 amide bonds. The molecule has 0 saturated heterocycles. The summed E-state index contributed by atoms with van der Waals surface area (Å²) >= 11 is 0. The van der Waals surface area contributed by atoms with E-state index in [-0.39, 0.29) is 17.3 Å². The van der Waals surface area contributed by atoms with Crippen molar-refractivity contribution < 1.29 is 4.92 Å². The number of nitrogen functional groups attached to an aromatic ring is 1. The lowest BCUT2D eigenvalue weighted by molar-refractivity contribution is -0.384. The van der Waals surface area contributed by atoms with Crippen LogP contribution in [0.25, 0.3) is 22.2 Å². The van der Waals surface area contributed by atoms with Gasteiger partial charge in [0.2, 0.25) is 5.95 Å². The Labute approximate surface area is 113 Å². The monoisotopic (exact) mass is 267 g/mol. The quantitative estimate of drug-likeness (QED) is 0.563. The summed E-state index contributed by atoms with van der Waals surface area (Å²) in [6.07, 6.45) is 2.74. The van der Waals surface area contributed by atoms with Crippen molar-refractivity contribution in [3.8, 4) is 11.3 Å². The fraction of sp³-hybridized carbons (Fsp3) is 0. The van der Waals surface area contributed by atoms with Gasteiger partial charge in [0.25, 0.3) is 0 Å². The van der Waals surface area contributed by atoms with Crippen molar-refractivity contribution in [3.05, 3.63) is 52.8 Å². The SMILES string of the molecule is Nc1ncc([N+](=O)[O-])c(-c2cccc3cccnc23)n1. The number of rotatable bonds is 2. The predicted molar refractivity (Wildman–Crippen MR) is 73.8 cm³/mol. The Morgan fingerprint density at radius 3 is 2.75 bits per heavy atom. The number of nitrogens with two attached hydrogens (primary N) is 1. The summed E-state index contributed by atoms with van der Waals surface area (Å²) in [6, 6.07) is 9.07. The van der Waals surface area contributed by atoms with Crippen molar-refractivity contribution in [3.63, 3.8) is 0 Å². The first-order valence-corrected chi connectivity index (χ1v) is 5.78. The second-order valence-corrected chi connectivity index (χ2v) is 4.10. The predicted octanol–water partition coefficient (Wildman–Crippen LogP) is 2.18. The van der Waals surface area contributed by atoms with Crippen molar-refractivity contribution in [2.24, 2.45) is 0 Å². The van der Waals surface area contributed by atoms with Gasteiger partial charge in [-0.15, -0.1) is 0 Å². The molecule has 2 heterocycles. The van der Waals surface area contributed by atoms with Gasteiger partial charge in [0, 0.05) is 17.1 Å². The summed E-state index contributed by atoms with van der Waals surface area (Å²) in [5, 5.41) is 12.0. The molecule has 0 aliphatic carbocycles. The molecule has 2 N–H and O–H groups in total. The highest BCUT2D eigenvalue weighted by Crippen LogP contribution is 2.32. The molecule has 3 rings (SSSR count). The molecule has 0 aliphatic rings. The molecule has 98 valence electrons. The van der Waals surface area contributed by atoms with Crippen LogP contribution in [-0.4, -0.2) is 19.9 Å². The topological polar surface area (TPSA) is 108 Å². The number of pyridine rings is 1. The van der Waals surface area contributed by atoms with E-state index in [1.165, 1.54) is 0 Å². The van der Waals surface area contributed by atoms with Crippen LogP contribution < -0.4 is 5.73 Å². The van der Waals surface area contributed by atoms with Gasteiger partial charge >= 0.3 is 5.69 Å². The summed E-state index contributed by atoms with van der Waals surface area (Å²) in [6.45, 7) is 0. The van der Waals surface area contributed by atoms with Crippen molar-refractivity contribution in [2.45, 2.75) is 0 Å². The van der Waals surface area contributed by atoms with E-state index in [1.54, 1.807) is 24.4 Å². The number of nitro groups is 1. The van der Waals surface area contributed by atoms with E-state index in [2.05, 4.69) is 15.0 Å². The summed E-state index contributed by atoms with van der Waals surface area (Å²) in [7, 11) is 0. The minimum Gasteiger partial charge on any atom is -0.368 e. The van der Waals surface area contributed by atoms with Crippen molar-refractivity contribution >= 4 is 22.5 Å². The van der Waals surface area contributed by atoms with E-state index in [0.717, 1.165) is 11.6 Å². The Balaban J connectivity index is 2.36. The van der Waals surface area contributed by atoms with Crippen LogP contribution in [0.5, 0.6) is 0 Å². The maximum atomic E-state index is 11.1. The lowest BCUT2D eigenvalue weighted by atomic mass is 10.1. The highest BCUT2D eigenvalue weighted by molar-refractivity contribution is 5.94. The van der Waals surface area contributed by atoms with Crippen LogP contribution >= 0.6 is 0 Å². The fourth-order valence-corrected chi connectivity index (χ4v) is 2.02. The Hall–Kier alpha value is -3.09. The highest BCUT2D eigenvalue weighted by Gasteiger charge is 2.20. The number of fused-ring (bicyclic) bond motifs is 1. The molecule has 20 heavy (non-hydrogen) atoms. The van der Waals surface area contributed by atoms with Crippen molar-refractivity contribution in [2.75, 3.05) is 5.73 Å². The maximum absolute atomic E-state index is 11.1. The largest absolute Gasteiger partial charge is 0.368 e. The third-order valence-corrected chi connectivity index (χ3v) is 2.87. The van der Waals surface area contributed by atoms with Crippen LogP contribution in [0.4, 0.5) is 11.6 Å². The first kappa shape index (κ1) is 12.0. The molecule has 2 aromatic heterocycles. The molecule has 0 aliphatic heterocycles. The number of hydrogen-bond donors (Lipinski definition) is 1. The molecular formula is C13H9N5O2. The Morgan fingerprint density at radius 2 is 1.95 bits per heavy atom. The van der Waals surface area contributed by atoms with Crippen LogP contribution in [0, 0.1) is 10.1 Å². The van der Waals surface area contributed by atoms with Crippen LogP contribution in [0.2, 0.25) is 0 Å². The number of para-hydroxylation sites is 1. The molecular weight excluding hydrogens is 258 g/mol. The first-order valence-electron chi connectivity index (χ1n) is 5.78. The van der Waals surface area contributed by atoms with E-state index in [4.69, 9.17) is 5.73 Å². The van der Waals surface area contributed by atoms with E-state index in [9.17, 15) is 10.1 Å². The molecule has 0 fully saturated rings. The van der Waals surface area contributed by atoms with Gasteiger partial charge in [-0.1, -0.05) is 24.3 Å². The number of nitrogens with zero attached hydrogens (tertiary/aromatic N) is 4. The minimum absolute atomic E-state index is 0.0152. The van der Waals surface area contributed by atoms with E-state index in [1.807, 2.05) is 12.1 Å². The Kier molecular flexibility index (Phi) is 2.72. The van der Waals surface area contributed by atoms with Gasteiger partial charge in [0.1, 0.15) is 6.20 Å². The average molecular weight is 267 g/mol. The van der Waals surface area contributed by atoms with E-state index < -0.39 is 4.92 Å². The van der Waals surface area contributed by atoms with Gasteiger partial charge in [-0.25, -0.2) is 9.97 Å². The normalized spacial score (nSPS) is 10.6. The Bertz CT molecular complexity index is 813. The highest BCUT2D eigenvalue weighted by atomic mass is 16.6. The number of hydrogen-bond acceptors (Lipinski definition) is 6. The zero-order chi connectivity index (χ0) is 14.1. The standard InChI is InChI=1S/C13H9N5O2/c14-13-16-7-10(18(19)20)12(17-13)9-5-1-3-8-4-2-6-15-11(8)9/h1-7H,(H2,14,16,17). The zero-order valence-corrected chi connectivity index (χ0v) is 10.2. The van der Waals surface area contributed by atoms with Gasteiger partial charge in [0.05, 0.1) is 10.4 Å². The molecule has 0 atom stereocenters. The average Bonchev–Trinajstić information content (AvgIpc) is 2.46. The zero-order valence-electron chi connectivity index (χ0n) is 10.2. The summed E-state index contributed by atoms with van der Waals surface area (Å²) < 4.78 is 0. The van der Waals surface area contributed by atoms with Gasteiger partial charge in [-0.3, -0.25) is 15.1 Å². The fourth-order valence-electron chi connectivity index (χ4n) is 2.02. The van der Waals surface area contributed by atoms with Gasteiger partial charge < -0.3 is 5.73 Å². The molecule has 0 spiro atoms. The minimum atomic E-state index is -0.531. The van der Waals surface area contributed by atoms with Crippen LogP contribution in [-0.2, 0) is 0 Å². The molecule has 0 unspecified atom stereocenters. The number of benzene rings is 1. The summed E-state index contributed by atoms with van der Waals surface area (Å²) in [4.78, 5) is 22.5. The van der Waals surface area contributed by atoms with Crippen LogP contribution in [0.15, 0.2) is 42.7 Å².